The van der Waals surface area contributed by atoms with Crippen molar-refractivity contribution in [3.8, 4) is 11.5 Å². The number of para-hydroxylation sites is 1. The van der Waals surface area contributed by atoms with E-state index in [1.807, 2.05) is 59.5 Å². The number of hydrogen-bond acceptors (Lipinski definition) is 4. The molecule has 2 heterocycles. The molecule has 5 nitrogen and oxygen atoms in total. The average molecular weight is 386 g/mol. The highest BCUT2D eigenvalue weighted by molar-refractivity contribution is 5.99. The summed E-state index contributed by atoms with van der Waals surface area (Å²) in [6.07, 6.45) is 0.699. The van der Waals surface area contributed by atoms with Gasteiger partial charge in [-0.2, -0.15) is 0 Å². The summed E-state index contributed by atoms with van der Waals surface area (Å²) >= 11 is 0. The summed E-state index contributed by atoms with van der Waals surface area (Å²) in [6.45, 7) is 2.86. The van der Waals surface area contributed by atoms with E-state index in [-0.39, 0.29) is 18.9 Å². The Balaban J connectivity index is 1.50. The predicted octanol–water partition coefficient (Wildman–Crippen LogP) is 4.74. The fraction of sp³-hybridized carbons (Fsp3) is 0.208. The number of carbonyl (C=O) groups is 1. The van der Waals surface area contributed by atoms with Crippen LogP contribution in [0.5, 0.6) is 11.5 Å². The topological polar surface area (TPSA) is 50.8 Å². The van der Waals surface area contributed by atoms with Gasteiger partial charge in [0, 0.05) is 23.4 Å². The molecule has 0 saturated heterocycles. The normalized spacial score (nSPS) is 16.8. The molecule has 0 radical (unpaired) electrons. The van der Waals surface area contributed by atoms with Gasteiger partial charge in [-0.25, -0.2) is 0 Å². The number of amides is 1. The first-order valence-electron chi connectivity index (χ1n) is 9.87. The van der Waals surface area contributed by atoms with E-state index < -0.39 is 0 Å². The van der Waals surface area contributed by atoms with Crippen LogP contribution in [-0.2, 0) is 13.0 Å². The van der Waals surface area contributed by atoms with E-state index in [9.17, 15) is 4.79 Å². The van der Waals surface area contributed by atoms with E-state index in [0.717, 1.165) is 40.3 Å². The lowest BCUT2D eigenvalue weighted by Crippen LogP contribution is -2.32. The highest BCUT2D eigenvalue weighted by Crippen LogP contribution is 2.38. The van der Waals surface area contributed by atoms with Crippen LogP contribution in [0.25, 0.3) is 0 Å². The number of anilines is 1. The minimum atomic E-state index is -0.225. The molecule has 3 aromatic rings. The standard InChI is InChI=1S/C24H22N2O3/c1-2-17-7-3-6-10-20(17)25-23-18-8-4-5-9-19(18)24(27)26(23)14-16-11-12-21-22(13-16)29-15-28-21/h3-13,23,25H,2,14-15H2,1H3/t23-/m1/s1. The molecular formula is C24H22N2O3. The third-order valence-corrected chi connectivity index (χ3v) is 5.54. The van der Waals surface area contributed by atoms with Gasteiger partial charge in [-0.1, -0.05) is 49.4 Å². The van der Waals surface area contributed by atoms with Crippen LogP contribution in [0.1, 0.15) is 40.1 Å². The van der Waals surface area contributed by atoms with Crippen LogP contribution in [0.3, 0.4) is 0 Å². The summed E-state index contributed by atoms with van der Waals surface area (Å²) in [6, 6.07) is 21.9. The molecule has 2 aliphatic rings. The molecular weight excluding hydrogens is 364 g/mol. The number of aryl methyl sites for hydroxylation is 1. The molecule has 0 spiro atoms. The lowest BCUT2D eigenvalue weighted by molar-refractivity contribution is 0.0728. The second-order valence-electron chi connectivity index (χ2n) is 7.27. The van der Waals surface area contributed by atoms with Crippen molar-refractivity contribution in [1.29, 1.82) is 0 Å². The Kier molecular flexibility index (Phi) is 4.35. The van der Waals surface area contributed by atoms with Gasteiger partial charge in [0.1, 0.15) is 6.17 Å². The summed E-state index contributed by atoms with van der Waals surface area (Å²) in [5, 5.41) is 3.62. The lowest BCUT2D eigenvalue weighted by Gasteiger charge is -2.28. The molecule has 29 heavy (non-hydrogen) atoms. The van der Waals surface area contributed by atoms with Crippen LogP contribution in [0.2, 0.25) is 0 Å². The van der Waals surface area contributed by atoms with Gasteiger partial charge in [-0.15, -0.1) is 0 Å². The first kappa shape index (κ1) is 17.6. The summed E-state index contributed by atoms with van der Waals surface area (Å²) in [7, 11) is 0. The summed E-state index contributed by atoms with van der Waals surface area (Å²) in [4.78, 5) is 15.1. The van der Waals surface area contributed by atoms with E-state index in [4.69, 9.17) is 9.47 Å². The van der Waals surface area contributed by atoms with Crippen molar-refractivity contribution in [3.05, 3.63) is 89.0 Å². The summed E-state index contributed by atoms with van der Waals surface area (Å²) in [5.74, 6) is 1.51. The maximum atomic E-state index is 13.2. The van der Waals surface area contributed by atoms with Gasteiger partial charge >= 0.3 is 0 Å². The van der Waals surface area contributed by atoms with Gasteiger partial charge in [0.2, 0.25) is 6.79 Å². The van der Waals surface area contributed by atoms with Crippen LogP contribution < -0.4 is 14.8 Å². The maximum Gasteiger partial charge on any atom is 0.256 e. The van der Waals surface area contributed by atoms with E-state index in [2.05, 4.69) is 24.4 Å². The SMILES string of the molecule is CCc1ccccc1N[C@H]1c2ccccc2C(=O)N1Cc1ccc2c(c1)OCO2. The van der Waals surface area contributed by atoms with Gasteiger partial charge in [0.05, 0.1) is 0 Å². The Morgan fingerprint density at radius 2 is 1.79 bits per heavy atom. The van der Waals surface area contributed by atoms with Crippen molar-refractivity contribution in [2.75, 3.05) is 12.1 Å². The number of nitrogens with one attached hydrogen (secondary N) is 1. The molecule has 2 aliphatic heterocycles. The number of hydrogen-bond donors (Lipinski definition) is 1. The van der Waals surface area contributed by atoms with E-state index in [0.29, 0.717) is 6.54 Å². The number of rotatable bonds is 5. The minimum absolute atomic E-state index is 0.0322. The third-order valence-electron chi connectivity index (χ3n) is 5.54. The van der Waals surface area contributed by atoms with Crippen molar-refractivity contribution >= 4 is 11.6 Å². The van der Waals surface area contributed by atoms with Gasteiger partial charge < -0.3 is 19.7 Å². The molecule has 1 N–H and O–H groups in total. The van der Waals surface area contributed by atoms with Crippen LogP contribution in [0.15, 0.2) is 66.7 Å². The molecule has 146 valence electrons. The number of ether oxygens (including phenoxy) is 2. The number of carbonyl (C=O) groups excluding carboxylic acids is 1. The van der Waals surface area contributed by atoms with Crippen molar-refractivity contribution < 1.29 is 14.3 Å². The Hall–Kier alpha value is -3.47. The highest BCUT2D eigenvalue weighted by atomic mass is 16.7. The number of fused-ring (bicyclic) bond motifs is 2. The van der Waals surface area contributed by atoms with Gasteiger partial charge in [-0.3, -0.25) is 4.79 Å². The van der Waals surface area contributed by atoms with E-state index >= 15 is 0 Å². The molecule has 5 heteroatoms. The molecule has 1 atom stereocenters. The van der Waals surface area contributed by atoms with Gasteiger partial charge in [0.25, 0.3) is 5.91 Å². The molecule has 0 saturated carbocycles. The van der Waals surface area contributed by atoms with E-state index in [1.165, 1.54) is 5.56 Å². The highest BCUT2D eigenvalue weighted by Gasteiger charge is 2.36. The largest absolute Gasteiger partial charge is 0.454 e. The molecule has 0 fully saturated rings. The van der Waals surface area contributed by atoms with Crippen LogP contribution >= 0.6 is 0 Å². The lowest BCUT2D eigenvalue weighted by atomic mass is 10.1. The zero-order valence-electron chi connectivity index (χ0n) is 16.2. The zero-order chi connectivity index (χ0) is 19.8. The average Bonchev–Trinajstić information content (AvgIpc) is 3.33. The Morgan fingerprint density at radius 3 is 2.69 bits per heavy atom. The molecule has 5 rings (SSSR count). The Labute approximate surface area is 169 Å². The fourth-order valence-corrected chi connectivity index (χ4v) is 4.04. The van der Waals surface area contributed by atoms with Gasteiger partial charge in [0.15, 0.2) is 11.5 Å². The van der Waals surface area contributed by atoms with Crippen molar-refractivity contribution in [1.82, 2.24) is 4.90 Å². The number of benzene rings is 3. The summed E-state index contributed by atoms with van der Waals surface area (Å²) in [5.41, 5.74) is 5.04. The molecule has 0 aliphatic carbocycles. The Bertz CT molecular complexity index is 1080. The number of nitrogens with zero attached hydrogens (tertiary/aromatic N) is 1. The van der Waals surface area contributed by atoms with Crippen molar-refractivity contribution in [3.63, 3.8) is 0 Å². The van der Waals surface area contributed by atoms with Crippen molar-refractivity contribution in [2.45, 2.75) is 26.1 Å². The minimum Gasteiger partial charge on any atom is -0.454 e. The maximum absolute atomic E-state index is 13.2. The predicted molar refractivity (Wildman–Crippen MR) is 111 cm³/mol. The first-order chi connectivity index (χ1) is 14.2. The third kappa shape index (κ3) is 3.09. The van der Waals surface area contributed by atoms with Crippen LogP contribution in [0.4, 0.5) is 5.69 Å². The zero-order valence-corrected chi connectivity index (χ0v) is 16.2. The van der Waals surface area contributed by atoms with Crippen molar-refractivity contribution in [2.24, 2.45) is 0 Å². The molecule has 0 aromatic heterocycles. The van der Waals surface area contributed by atoms with Gasteiger partial charge in [-0.05, 0) is 41.8 Å². The smallest absolute Gasteiger partial charge is 0.256 e. The molecule has 0 unspecified atom stereocenters. The molecule has 3 aromatic carbocycles. The monoisotopic (exact) mass is 386 g/mol. The van der Waals surface area contributed by atoms with E-state index in [1.54, 1.807) is 0 Å². The quantitative estimate of drug-likeness (QED) is 0.688. The molecule has 0 bridgehead atoms. The molecule has 1 amide bonds. The summed E-state index contributed by atoms with van der Waals surface area (Å²) < 4.78 is 10.9. The fourth-order valence-electron chi connectivity index (χ4n) is 4.04. The first-order valence-corrected chi connectivity index (χ1v) is 9.87. The van der Waals surface area contributed by atoms with Crippen LogP contribution in [0, 0.1) is 0 Å². The van der Waals surface area contributed by atoms with Crippen LogP contribution in [-0.4, -0.2) is 17.6 Å². The Morgan fingerprint density at radius 1 is 1.00 bits per heavy atom. The second-order valence-corrected chi connectivity index (χ2v) is 7.27. The second kappa shape index (κ2) is 7.17.